The molecule has 0 spiro atoms. The zero-order valence-electron chi connectivity index (χ0n) is 14.6. The van der Waals surface area contributed by atoms with E-state index in [4.69, 9.17) is 17.3 Å². The molecule has 7 nitrogen and oxygen atoms in total. The number of anilines is 2. The average Bonchev–Trinajstić information content (AvgIpc) is 3.04. The first kappa shape index (κ1) is 17.8. The van der Waals surface area contributed by atoms with Crippen LogP contribution in [0.1, 0.15) is 36.0 Å². The molecule has 1 aromatic carbocycles. The van der Waals surface area contributed by atoms with Crippen LogP contribution >= 0.6 is 11.6 Å². The fourth-order valence-corrected chi connectivity index (χ4v) is 3.98. The summed E-state index contributed by atoms with van der Waals surface area (Å²) in [6.45, 7) is 0. The number of para-hydroxylation sites is 1. The number of carbonyl (C=O) groups excluding carboxylic acids is 1. The number of nitrogens with zero attached hydrogens (tertiary/aromatic N) is 4. The first-order valence-corrected chi connectivity index (χ1v) is 9.30. The number of fused-ring (bicyclic) bond motifs is 1. The van der Waals surface area contributed by atoms with E-state index in [9.17, 15) is 9.90 Å². The molecular weight excluding hydrogens is 366 g/mol. The van der Waals surface area contributed by atoms with E-state index in [-0.39, 0.29) is 11.6 Å². The first-order chi connectivity index (χ1) is 13.1. The van der Waals surface area contributed by atoms with Crippen LogP contribution in [0.25, 0.3) is 5.65 Å². The van der Waals surface area contributed by atoms with E-state index in [1.807, 2.05) is 23.1 Å². The second kappa shape index (κ2) is 7.17. The predicted molar refractivity (Wildman–Crippen MR) is 103 cm³/mol. The fourth-order valence-electron chi connectivity index (χ4n) is 3.75. The molecule has 0 radical (unpaired) electrons. The number of rotatable bonds is 4. The van der Waals surface area contributed by atoms with Crippen molar-refractivity contribution in [3.8, 4) is 0 Å². The molecule has 1 fully saturated rings. The van der Waals surface area contributed by atoms with Crippen LogP contribution in [-0.2, 0) is 0 Å². The molecule has 3 aromatic rings. The van der Waals surface area contributed by atoms with Gasteiger partial charge in [-0.25, -0.2) is 9.50 Å². The molecule has 1 aliphatic carbocycles. The lowest BCUT2D eigenvalue weighted by Gasteiger charge is -2.38. The Kier molecular flexibility index (Phi) is 4.72. The molecule has 2 heterocycles. The molecule has 0 aliphatic heterocycles. The molecule has 3 N–H and O–H groups in total. The van der Waals surface area contributed by atoms with Crippen molar-refractivity contribution in [3.05, 3.63) is 53.3 Å². The molecular formula is C19H20ClN5O2. The van der Waals surface area contributed by atoms with Gasteiger partial charge in [-0.1, -0.05) is 36.6 Å². The van der Waals surface area contributed by atoms with Crippen LogP contribution in [0, 0.1) is 0 Å². The number of aromatic nitrogens is 3. The highest BCUT2D eigenvalue weighted by Gasteiger charge is 2.35. The Hall–Kier alpha value is -2.64. The maximum absolute atomic E-state index is 12.3. The number of primary amides is 1. The third-order valence-corrected chi connectivity index (χ3v) is 5.31. The fraction of sp³-hybridized carbons (Fsp3) is 0.316. The van der Waals surface area contributed by atoms with Gasteiger partial charge in [0.1, 0.15) is 5.56 Å². The molecule has 1 saturated carbocycles. The van der Waals surface area contributed by atoms with Gasteiger partial charge in [-0.15, -0.1) is 5.10 Å². The summed E-state index contributed by atoms with van der Waals surface area (Å²) in [6.07, 6.45) is 6.11. The van der Waals surface area contributed by atoms with Gasteiger partial charge in [0.15, 0.2) is 11.5 Å². The van der Waals surface area contributed by atoms with Gasteiger partial charge in [-0.2, -0.15) is 0 Å². The van der Waals surface area contributed by atoms with Crippen molar-refractivity contribution >= 4 is 34.7 Å². The van der Waals surface area contributed by atoms with Crippen LogP contribution in [-0.4, -0.2) is 37.8 Å². The summed E-state index contributed by atoms with van der Waals surface area (Å²) in [7, 11) is 0. The number of hydrogen-bond donors (Lipinski definition) is 2. The van der Waals surface area contributed by atoms with E-state index < -0.39 is 12.0 Å². The van der Waals surface area contributed by atoms with E-state index in [0.29, 0.717) is 28.6 Å². The van der Waals surface area contributed by atoms with Crippen molar-refractivity contribution in [3.63, 3.8) is 0 Å². The molecule has 2 atom stereocenters. The molecule has 140 valence electrons. The molecule has 27 heavy (non-hydrogen) atoms. The van der Waals surface area contributed by atoms with Crippen LogP contribution in [0.5, 0.6) is 0 Å². The van der Waals surface area contributed by atoms with Crippen LogP contribution in [0.2, 0.25) is 5.02 Å². The van der Waals surface area contributed by atoms with E-state index in [0.717, 1.165) is 19.3 Å². The molecule has 0 saturated heterocycles. The Balaban J connectivity index is 1.97. The topological polar surface area (TPSA) is 96.8 Å². The standard InChI is InChI=1S/C19H20ClN5O2/c20-12-6-1-2-7-13(12)25(14-8-3-4-9-15(14)26)19-16(17(21)27)18-22-10-5-11-24(18)23-19/h1-2,5-7,10-11,14-15,26H,3-4,8-9H2,(H2,21,27)/t14-,15+/m1/s1. The van der Waals surface area contributed by atoms with E-state index >= 15 is 0 Å². The lowest BCUT2D eigenvalue weighted by molar-refractivity contribution is 0.0996. The number of benzene rings is 1. The van der Waals surface area contributed by atoms with Crippen LogP contribution in [0.4, 0.5) is 11.5 Å². The van der Waals surface area contributed by atoms with Crippen molar-refractivity contribution in [1.29, 1.82) is 0 Å². The molecule has 0 unspecified atom stereocenters. The normalized spacial score (nSPS) is 19.9. The second-order valence-electron chi connectivity index (χ2n) is 6.69. The lowest BCUT2D eigenvalue weighted by Crippen LogP contribution is -2.44. The van der Waals surface area contributed by atoms with Gasteiger partial charge >= 0.3 is 0 Å². The van der Waals surface area contributed by atoms with Crippen LogP contribution in [0.15, 0.2) is 42.7 Å². The maximum Gasteiger partial charge on any atom is 0.256 e. The summed E-state index contributed by atoms with van der Waals surface area (Å²) < 4.78 is 1.52. The Morgan fingerprint density at radius 1 is 1.26 bits per heavy atom. The largest absolute Gasteiger partial charge is 0.391 e. The number of nitrogens with two attached hydrogens (primary N) is 1. The molecule has 0 bridgehead atoms. The molecule has 1 aliphatic rings. The van der Waals surface area contributed by atoms with E-state index in [1.165, 1.54) is 4.52 Å². The number of aliphatic hydroxyl groups is 1. The second-order valence-corrected chi connectivity index (χ2v) is 7.10. The highest BCUT2D eigenvalue weighted by molar-refractivity contribution is 6.33. The number of carbonyl (C=O) groups is 1. The van der Waals surface area contributed by atoms with Crippen molar-refractivity contribution < 1.29 is 9.90 Å². The lowest BCUT2D eigenvalue weighted by atomic mass is 9.90. The highest BCUT2D eigenvalue weighted by atomic mass is 35.5. The molecule has 1 amide bonds. The van der Waals surface area contributed by atoms with Crippen molar-refractivity contribution in [1.82, 2.24) is 14.6 Å². The summed E-state index contributed by atoms with van der Waals surface area (Å²) in [5, 5.41) is 15.8. The summed E-state index contributed by atoms with van der Waals surface area (Å²) in [5.74, 6) is -0.263. The van der Waals surface area contributed by atoms with Crippen LogP contribution in [0.3, 0.4) is 0 Å². The zero-order chi connectivity index (χ0) is 19.0. The van der Waals surface area contributed by atoms with Crippen molar-refractivity contribution in [2.75, 3.05) is 4.90 Å². The van der Waals surface area contributed by atoms with E-state index in [1.54, 1.807) is 24.5 Å². The van der Waals surface area contributed by atoms with Crippen LogP contribution < -0.4 is 10.6 Å². The quantitative estimate of drug-likeness (QED) is 0.719. The predicted octanol–water partition coefficient (Wildman–Crippen LogP) is 2.92. The smallest absolute Gasteiger partial charge is 0.256 e. The van der Waals surface area contributed by atoms with Gasteiger partial charge in [0.2, 0.25) is 0 Å². The number of aliphatic hydroxyl groups excluding tert-OH is 1. The third kappa shape index (κ3) is 3.13. The molecule has 2 aromatic heterocycles. The Labute approximate surface area is 161 Å². The minimum absolute atomic E-state index is 0.216. The highest BCUT2D eigenvalue weighted by Crippen LogP contribution is 2.39. The Morgan fingerprint density at radius 2 is 2.04 bits per heavy atom. The maximum atomic E-state index is 12.3. The number of halogens is 1. The SMILES string of the molecule is NC(=O)c1c(N(c2ccccc2Cl)[C@@H]2CCCC[C@@H]2O)nn2cccnc12. The summed E-state index contributed by atoms with van der Waals surface area (Å²) >= 11 is 6.48. The number of amides is 1. The Bertz CT molecular complexity index is 989. The summed E-state index contributed by atoms with van der Waals surface area (Å²) in [4.78, 5) is 18.4. The number of hydrogen-bond acceptors (Lipinski definition) is 5. The van der Waals surface area contributed by atoms with E-state index in [2.05, 4.69) is 10.1 Å². The van der Waals surface area contributed by atoms with Gasteiger partial charge in [0.05, 0.1) is 22.9 Å². The van der Waals surface area contributed by atoms with Gasteiger partial charge < -0.3 is 15.7 Å². The first-order valence-electron chi connectivity index (χ1n) is 8.93. The third-order valence-electron chi connectivity index (χ3n) is 4.99. The van der Waals surface area contributed by atoms with Gasteiger partial charge in [0.25, 0.3) is 5.91 Å². The van der Waals surface area contributed by atoms with Gasteiger partial charge in [-0.05, 0) is 31.0 Å². The van der Waals surface area contributed by atoms with Crippen molar-refractivity contribution in [2.24, 2.45) is 5.73 Å². The summed E-state index contributed by atoms with van der Waals surface area (Å²) in [5.41, 5.74) is 6.96. The molecule has 8 heteroatoms. The Morgan fingerprint density at radius 3 is 2.78 bits per heavy atom. The summed E-state index contributed by atoms with van der Waals surface area (Å²) in [6, 6.07) is 8.79. The zero-order valence-corrected chi connectivity index (χ0v) is 15.4. The molecule has 4 rings (SSSR count). The minimum Gasteiger partial charge on any atom is -0.391 e. The van der Waals surface area contributed by atoms with Gasteiger partial charge in [0, 0.05) is 12.4 Å². The van der Waals surface area contributed by atoms with Gasteiger partial charge in [-0.3, -0.25) is 4.79 Å². The monoisotopic (exact) mass is 385 g/mol. The van der Waals surface area contributed by atoms with Crippen molar-refractivity contribution in [2.45, 2.75) is 37.8 Å². The average molecular weight is 386 g/mol. The minimum atomic E-state index is -0.624.